The Morgan fingerprint density at radius 2 is 2.00 bits per heavy atom. The van der Waals surface area contributed by atoms with Crippen molar-refractivity contribution in [1.29, 1.82) is 0 Å². The predicted molar refractivity (Wildman–Crippen MR) is 112 cm³/mol. The van der Waals surface area contributed by atoms with Crippen LogP contribution in [-0.4, -0.2) is 11.8 Å². The number of fused-ring (bicyclic) bond motifs is 1. The Bertz CT molecular complexity index is 1050. The topological polar surface area (TPSA) is 77.8 Å². The van der Waals surface area contributed by atoms with Gasteiger partial charge in [-0.25, -0.2) is 9.79 Å². The van der Waals surface area contributed by atoms with Crippen LogP contribution in [-0.2, 0) is 5.75 Å². The summed E-state index contributed by atoms with van der Waals surface area (Å²) in [6.07, 6.45) is 0. The minimum Gasteiger partial charge on any atom is -0.494 e. The summed E-state index contributed by atoms with van der Waals surface area (Å²) in [5.41, 5.74) is 8.55. The highest BCUT2D eigenvalue weighted by molar-refractivity contribution is 8.13. The first kappa shape index (κ1) is 19.3. The van der Waals surface area contributed by atoms with E-state index in [1.54, 1.807) is 6.07 Å². The van der Waals surface area contributed by atoms with E-state index in [0.29, 0.717) is 28.1 Å². The van der Waals surface area contributed by atoms with Gasteiger partial charge in [-0.3, -0.25) is 0 Å². The molecule has 0 saturated carbocycles. The van der Waals surface area contributed by atoms with Gasteiger partial charge in [0.05, 0.1) is 12.3 Å². The normalized spacial score (nSPS) is 11.7. The monoisotopic (exact) mass is 402 g/mol. The highest BCUT2D eigenvalue weighted by atomic mass is 35.5. The lowest BCUT2D eigenvalue weighted by Crippen LogP contribution is -2.07. The third-order valence-corrected chi connectivity index (χ3v) is 5.12. The fourth-order valence-corrected chi connectivity index (χ4v) is 3.44. The molecule has 0 atom stereocenters. The molecule has 2 N–H and O–H groups in total. The van der Waals surface area contributed by atoms with Crippen molar-refractivity contribution in [3.8, 4) is 5.75 Å². The Balaban J connectivity index is 1.79. The number of hydrogen-bond donors (Lipinski definition) is 1. The lowest BCUT2D eigenvalue weighted by Gasteiger charge is -2.07. The molecule has 0 amide bonds. The van der Waals surface area contributed by atoms with Crippen LogP contribution < -0.4 is 16.1 Å². The van der Waals surface area contributed by atoms with Gasteiger partial charge in [0.25, 0.3) is 0 Å². The van der Waals surface area contributed by atoms with Crippen molar-refractivity contribution in [3.63, 3.8) is 0 Å². The molecule has 2 aromatic carbocycles. The van der Waals surface area contributed by atoms with Crippen LogP contribution in [0.1, 0.15) is 18.1 Å². The molecular weight excluding hydrogens is 384 g/mol. The number of benzene rings is 2. The highest BCUT2D eigenvalue weighted by Crippen LogP contribution is 2.27. The van der Waals surface area contributed by atoms with Crippen LogP contribution in [0, 0.1) is 6.92 Å². The van der Waals surface area contributed by atoms with Gasteiger partial charge in [0.1, 0.15) is 11.3 Å². The molecule has 140 valence electrons. The molecule has 0 aliphatic rings. The third-order valence-electron chi connectivity index (χ3n) is 3.87. The number of hydrogen-bond acceptors (Lipinski definition) is 5. The molecular formula is C20H19ClN2O3S. The fourth-order valence-electron chi connectivity index (χ4n) is 2.56. The average Bonchev–Trinajstić information content (AvgIpc) is 2.63. The number of nitrogens with two attached hydrogens (primary N) is 1. The number of thioether (sulfide) groups is 1. The van der Waals surface area contributed by atoms with E-state index in [1.165, 1.54) is 17.8 Å². The minimum absolute atomic E-state index is 0.401. The number of ether oxygens (including phenoxy) is 1. The van der Waals surface area contributed by atoms with Crippen molar-refractivity contribution in [1.82, 2.24) is 0 Å². The molecule has 5 nitrogen and oxygen atoms in total. The van der Waals surface area contributed by atoms with Gasteiger partial charge in [0, 0.05) is 22.2 Å². The lowest BCUT2D eigenvalue weighted by atomic mass is 10.1. The Morgan fingerprint density at radius 1 is 1.26 bits per heavy atom. The van der Waals surface area contributed by atoms with Crippen LogP contribution in [0.2, 0.25) is 5.02 Å². The third kappa shape index (κ3) is 4.84. The summed E-state index contributed by atoms with van der Waals surface area (Å²) in [6.45, 7) is 4.41. The molecule has 7 heteroatoms. The molecule has 0 spiro atoms. The van der Waals surface area contributed by atoms with E-state index in [0.717, 1.165) is 28.0 Å². The van der Waals surface area contributed by atoms with Crippen LogP contribution in [0.3, 0.4) is 0 Å². The average molecular weight is 403 g/mol. The van der Waals surface area contributed by atoms with Gasteiger partial charge < -0.3 is 14.9 Å². The maximum absolute atomic E-state index is 11.8. The zero-order valence-corrected chi connectivity index (χ0v) is 16.6. The summed E-state index contributed by atoms with van der Waals surface area (Å²) in [5.74, 6) is 1.27. The Morgan fingerprint density at radius 3 is 2.70 bits per heavy atom. The van der Waals surface area contributed by atoms with Crippen molar-refractivity contribution in [2.45, 2.75) is 19.6 Å². The summed E-state index contributed by atoms with van der Waals surface area (Å²) in [7, 11) is 0. The van der Waals surface area contributed by atoms with Gasteiger partial charge in [-0.1, -0.05) is 23.4 Å². The molecule has 0 aliphatic carbocycles. The standard InChI is InChI=1S/C20H19ClN2O3S/c1-3-25-15-6-4-14(5-7-15)23-20(22)27-11-13-9-19(24)26-18-8-12(2)17(21)10-16(13)18/h4-10H,3,11H2,1-2H3,(H2,22,23). The Hall–Kier alpha value is -2.44. The molecule has 1 heterocycles. The molecule has 0 fully saturated rings. The second kappa shape index (κ2) is 8.50. The number of rotatable bonds is 5. The quantitative estimate of drug-likeness (QED) is 0.367. The molecule has 0 unspecified atom stereocenters. The van der Waals surface area contributed by atoms with Crippen LogP contribution in [0.25, 0.3) is 11.0 Å². The van der Waals surface area contributed by atoms with E-state index in [9.17, 15) is 4.79 Å². The summed E-state index contributed by atoms with van der Waals surface area (Å²) in [5, 5.41) is 1.82. The summed E-state index contributed by atoms with van der Waals surface area (Å²) in [6, 6.07) is 12.4. The van der Waals surface area contributed by atoms with E-state index >= 15 is 0 Å². The Kier molecular flexibility index (Phi) is 6.08. The van der Waals surface area contributed by atoms with E-state index in [4.69, 9.17) is 26.5 Å². The maximum atomic E-state index is 11.8. The molecule has 0 aliphatic heterocycles. The first-order valence-electron chi connectivity index (χ1n) is 8.39. The SMILES string of the molecule is CCOc1ccc(N=C(N)SCc2cc(=O)oc3cc(C)c(Cl)cc23)cc1. The van der Waals surface area contributed by atoms with Crippen LogP contribution in [0.5, 0.6) is 5.75 Å². The van der Waals surface area contributed by atoms with Crippen molar-refractivity contribution >= 4 is 45.2 Å². The summed E-state index contributed by atoms with van der Waals surface area (Å²) >= 11 is 7.56. The van der Waals surface area contributed by atoms with Crippen molar-refractivity contribution in [2.75, 3.05) is 6.61 Å². The first-order chi connectivity index (χ1) is 13.0. The van der Waals surface area contributed by atoms with Gasteiger partial charge in [-0.15, -0.1) is 0 Å². The number of nitrogens with zero attached hydrogens (tertiary/aromatic N) is 1. The van der Waals surface area contributed by atoms with Gasteiger partial charge >= 0.3 is 5.63 Å². The maximum Gasteiger partial charge on any atom is 0.336 e. The van der Waals surface area contributed by atoms with Gasteiger partial charge in [-0.05, 0) is 61.4 Å². The highest BCUT2D eigenvalue weighted by Gasteiger charge is 2.09. The molecule has 0 saturated heterocycles. The van der Waals surface area contributed by atoms with Gasteiger partial charge in [0.2, 0.25) is 0 Å². The largest absolute Gasteiger partial charge is 0.494 e. The number of halogens is 1. The zero-order valence-electron chi connectivity index (χ0n) is 15.0. The van der Waals surface area contributed by atoms with Gasteiger partial charge in [0.15, 0.2) is 5.17 Å². The molecule has 0 bridgehead atoms. The van der Waals surface area contributed by atoms with Crippen molar-refractivity contribution in [2.24, 2.45) is 10.7 Å². The minimum atomic E-state index is -0.401. The predicted octanol–water partition coefficient (Wildman–Crippen LogP) is 5.03. The molecule has 0 radical (unpaired) electrons. The molecule has 3 aromatic rings. The van der Waals surface area contributed by atoms with Crippen LogP contribution in [0.15, 0.2) is 56.7 Å². The fraction of sp³-hybridized carbons (Fsp3) is 0.200. The number of amidine groups is 1. The van der Waals surface area contributed by atoms with Gasteiger partial charge in [-0.2, -0.15) is 0 Å². The van der Waals surface area contributed by atoms with E-state index in [1.807, 2.05) is 44.2 Å². The number of aryl methyl sites for hydroxylation is 1. The summed E-state index contributed by atoms with van der Waals surface area (Å²) < 4.78 is 10.7. The molecule has 3 rings (SSSR count). The lowest BCUT2D eigenvalue weighted by molar-refractivity contribution is 0.340. The Labute approximate surface area is 166 Å². The smallest absolute Gasteiger partial charge is 0.336 e. The second-order valence-electron chi connectivity index (χ2n) is 5.85. The van der Waals surface area contributed by atoms with E-state index < -0.39 is 5.63 Å². The van der Waals surface area contributed by atoms with Crippen molar-refractivity contribution < 1.29 is 9.15 Å². The first-order valence-corrected chi connectivity index (χ1v) is 9.75. The number of aliphatic imine (C=N–C) groups is 1. The van der Waals surface area contributed by atoms with Crippen LogP contribution >= 0.6 is 23.4 Å². The summed E-state index contributed by atoms with van der Waals surface area (Å²) in [4.78, 5) is 16.2. The molecule has 27 heavy (non-hydrogen) atoms. The van der Waals surface area contributed by atoms with Crippen LogP contribution in [0.4, 0.5) is 5.69 Å². The van der Waals surface area contributed by atoms with E-state index in [-0.39, 0.29) is 0 Å². The van der Waals surface area contributed by atoms with Crippen molar-refractivity contribution in [3.05, 3.63) is 69.0 Å². The van der Waals surface area contributed by atoms with E-state index in [2.05, 4.69) is 4.99 Å². The molecule has 1 aromatic heterocycles. The second-order valence-corrected chi connectivity index (χ2v) is 7.26. The zero-order chi connectivity index (χ0) is 19.4.